The van der Waals surface area contributed by atoms with Crippen molar-refractivity contribution in [2.45, 2.75) is 6.18 Å². The molecule has 4 aromatic rings. The molecule has 0 aliphatic heterocycles. The summed E-state index contributed by atoms with van der Waals surface area (Å²) in [5, 5.41) is 5.33. The summed E-state index contributed by atoms with van der Waals surface area (Å²) in [6.45, 7) is 0. The highest BCUT2D eigenvalue weighted by Crippen LogP contribution is 2.30. The number of para-hydroxylation sites is 1. The number of alkyl halides is 3. The maximum atomic E-state index is 12.7. The number of methoxy groups -OCH3 is 1. The van der Waals surface area contributed by atoms with E-state index in [-0.39, 0.29) is 0 Å². The fraction of sp³-hybridized carbons (Fsp3) is 0.118. The van der Waals surface area contributed by atoms with E-state index in [4.69, 9.17) is 4.74 Å². The Labute approximate surface area is 139 Å². The van der Waals surface area contributed by atoms with Gasteiger partial charge in [0.05, 0.1) is 18.1 Å². The first kappa shape index (κ1) is 15.4. The Morgan fingerprint density at radius 2 is 1.76 bits per heavy atom. The summed E-state index contributed by atoms with van der Waals surface area (Å²) in [7, 11) is 1.47. The number of nitrogens with zero attached hydrogens (tertiary/aromatic N) is 4. The molecule has 0 saturated carbocycles. The Balaban J connectivity index is 1.94. The number of halogens is 3. The Hall–Kier alpha value is -3.16. The topological polar surface area (TPSA) is 44.0 Å². The zero-order valence-corrected chi connectivity index (χ0v) is 13.0. The average Bonchev–Trinajstić information content (AvgIpc) is 3.00. The first-order chi connectivity index (χ1) is 12.0. The minimum atomic E-state index is -4.38. The summed E-state index contributed by atoms with van der Waals surface area (Å²) < 4.78 is 46.7. The highest BCUT2D eigenvalue weighted by molar-refractivity contribution is 5.75. The Morgan fingerprint density at radius 1 is 1.04 bits per heavy atom. The van der Waals surface area contributed by atoms with Crippen molar-refractivity contribution in [2.75, 3.05) is 7.11 Å². The van der Waals surface area contributed by atoms with Gasteiger partial charge in [0.15, 0.2) is 0 Å². The molecule has 126 valence electrons. The second kappa shape index (κ2) is 5.44. The second-order valence-corrected chi connectivity index (χ2v) is 5.41. The SMILES string of the molecule is COc1c2ncc3ccccc3[n+]2nn1-c1ccc(C(F)(F)F)cc1. The highest BCUT2D eigenvalue weighted by Gasteiger charge is 2.31. The molecule has 0 unspecified atom stereocenters. The second-order valence-electron chi connectivity index (χ2n) is 5.41. The van der Waals surface area contributed by atoms with Crippen LogP contribution in [-0.4, -0.2) is 22.0 Å². The van der Waals surface area contributed by atoms with Gasteiger partial charge >= 0.3 is 17.7 Å². The molecule has 2 aromatic carbocycles. The minimum absolute atomic E-state index is 0.338. The molecule has 5 nitrogen and oxygen atoms in total. The Morgan fingerprint density at radius 3 is 2.44 bits per heavy atom. The van der Waals surface area contributed by atoms with Gasteiger partial charge in [-0.3, -0.25) is 0 Å². The third kappa shape index (κ3) is 2.46. The lowest BCUT2D eigenvalue weighted by molar-refractivity contribution is -0.557. The van der Waals surface area contributed by atoms with Gasteiger partial charge in [-0.15, -0.1) is 4.98 Å². The van der Waals surface area contributed by atoms with Gasteiger partial charge in [-0.25, -0.2) is 0 Å². The number of hydrogen-bond donors (Lipinski definition) is 0. The molecule has 0 aliphatic rings. The monoisotopic (exact) mass is 345 g/mol. The number of fused-ring (bicyclic) bond motifs is 3. The highest BCUT2D eigenvalue weighted by atomic mass is 19.4. The fourth-order valence-electron chi connectivity index (χ4n) is 2.69. The molecule has 0 N–H and O–H groups in total. The first-order valence-electron chi connectivity index (χ1n) is 7.39. The molecule has 0 spiro atoms. The van der Waals surface area contributed by atoms with Crippen LogP contribution in [0.1, 0.15) is 5.56 Å². The van der Waals surface area contributed by atoms with Crippen molar-refractivity contribution in [2.24, 2.45) is 0 Å². The van der Waals surface area contributed by atoms with Crippen molar-refractivity contribution < 1.29 is 22.4 Å². The molecule has 0 fully saturated rings. The summed E-state index contributed by atoms with van der Waals surface area (Å²) >= 11 is 0. The van der Waals surface area contributed by atoms with E-state index in [0.29, 0.717) is 17.2 Å². The summed E-state index contributed by atoms with van der Waals surface area (Å²) in [6, 6.07) is 12.3. The van der Waals surface area contributed by atoms with Crippen LogP contribution in [0.15, 0.2) is 54.7 Å². The summed E-state index contributed by atoms with van der Waals surface area (Å²) in [4.78, 5) is 4.36. The van der Waals surface area contributed by atoms with Gasteiger partial charge in [0.25, 0.3) is 0 Å². The van der Waals surface area contributed by atoms with E-state index < -0.39 is 11.7 Å². The van der Waals surface area contributed by atoms with Gasteiger partial charge in [-0.05, 0) is 36.4 Å². The van der Waals surface area contributed by atoms with E-state index in [1.54, 1.807) is 10.7 Å². The molecule has 0 amide bonds. The van der Waals surface area contributed by atoms with Gasteiger partial charge in [-0.1, -0.05) is 21.3 Å². The average molecular weight is 345 g/mol. The van der Waals surface area contributed by atoms with E-state index in [1.807, 2.05) is 24.3 Å². The van der Waals surface area contributed by atoms with Gasteiger partial charge in [0.1, 0.15) is 17.4 Å². The molecular formula is C17H12F3N4O+. The Kier molecular flexibility index (Phi) is 3.34. The lowest BCUT2D eigenvalue weighted by Crippen LogP contribution is -2.26. The molecule has 25 heavy (non-hydrogen) atoms. The fourth-order valence-corrected chi connectivity index (χ4v) is 2.69. The minimum Gasteiger partial charge on any atom is -0.465 e. The van der Waals surface area contributed by atoms with Crippen molar-refractivity contribution in [3.05, 3.63) is 60.3 Å². The van der Waals surface area contributed by atoms with E-state index in [0.717, 1.165) is 23.0 Å². The smallest absolute Gasteiger partial charge is 0.416 e. The van der Waals surface area contributed by atoms with Gasteiger partial charge in [0.2, 0.25) is 0 Å². The maximum absolute atomic E-state index is 12.7. The lowest BCUT2D eigenvalue weighted by Gasteiger charge is -2.06. The van der Waals surface area contributed by atoms with E-state index >= 15 is 0 Å². The third-order valence-electron chi connectivity index (χ3n) is 3.89. The van der Waals surface area contributed by atoms with Gasteiger partial charge < -0.3 is 4.74 Å². The van der Waals surface area contributed by atoms with E-state index in [1.165, 1.54) is 23.9 Å². The summed E-state index contributed by atoms with van der Waals surface area (Å²) in [6.07, 6.45) is -2.68. The number of benzene rings is 2. The Bertz CT molecular complexity index is 1070. The predicted octanol–water partition coefficient (Wildman–Crippen LogP) is 3.19. The zero-order valence-electron chi connectivity index (χ0n) is 13.0. The normalized spacial score (nSPS) is 12.0. The zero-order chi connectivity index (χ0) is 17.6. The van der Waals surface area contributed by atoms with Crippen molar-refractivity contribution in [3.63, 3.8) is 0 Å². The molecule has 0 aliphatic carbocycles. The molecule has 0 atom stereocenters. The van der Waals surface area contributed by atoms with Crippen LogP contribution in [0.25, 0.3) is 22.2 Å². The van der Waals surface area contributed by atoms with Crippen LogP contribution >= 0.6 is 0 Å². The molecule has 0 bridgehead atoms. The quantitative estimate of drug-likeness (QED) is 0.524. The van der Waals surface area contributed by atoms with Gasteiger partial charge in [-0.2, -0.15) is 13.2 Å². The molecule has 0 radical (unpaired) electrons. The van der Waals surface area contributed by atoms with Crippen LogP contribution in [0.2, 0.25) is 0 Å². The van der Waals surface area contributed by atoms with Crippen LogP contribution in [-0.2, 0) is 6.18 Å². The van der Waals surface area contributed by atoms with Crippen molar-refractivity contribution >= 4 is 16.6 Å². The van der Waals surface area contributed by atoms with E-state index in [9.17, 15) is 13.2 Å². The first-order valence-corrected chi connectivity index (χ1v) is 7.39. The lowest BCUT2D eigenvalue weighted by atomic mass is 10.2. The van der Waals surface area contributed by atoms with Crippen molar-refractivity contribution in [1.82, 2.24) is 14.9 Å². The summed E-state index contributed by atoms with van der Waals surface area (Å²) in [5.41, 5.74) is 1.01. The molecule has 8 heteroatoms. The molecule has 2 aromatic heterocycles. The standard InChI is InChI=1S/C17H12F3N4O/c1-25-16-15-21-10-11-4-2-3-5-14(11)24(15)22-23(16)13-8-6-12(7-9-13)17(18,19)20/h2-10H,1H3/q+1. The molecule has 0 saturated heterocycles. The molecule has 4 rings (SSSR count). The predicted molar refractivity (Wildman–Crippen MR) is 83.6 cm³/mol. The number of rotatable bonds is 2. The summed E-state index contributed by atoms with van der Waals surface area (Å²) in [5.74, 6) is 0.338. The molecule has 2 heterocycles. The number of ether oxygens (including phenoxy) is 1. The molecular weight excluding hydrogens is 333 g/mol. The van der Waals surface area contributed by atoms with Crippen LogP contribution < -0.4 is 9.25 Å². The number of aromatic nitrogens is 4. The van der Waals surface area contributed by atoms with Crippen molar-refractivity contribution in [3.8, 4) is 11.6 Å². The number of hydrogen-bond acceptors (Lipinski definition) is 3. The largest absolute Gasteiger partial charge is 0.465 e. The van der Waals surface area contributed by atoms with Crippen LogP contribution in [0.3, 0.4) is 0 Å². The van der Waals surface area contributed by atoms with E-state index in [2.05, 4.69) is 10.2 Å². The van der Waals surface area contributed by atoms with Crippen LogP contribution in [0, 0.1) is 0 Å². The van der Waals surface area contributed by atoms with Crippen LogP contribution in [0.4, 0.5) is 13.2 Å². The van der Waals surface area contributed by atoms with Gasteiger partial charge in [0, 0.05) is 5.21 Å². The van der Waals surface area contributed by atoms with Crippen molar-refractivity contribution in [1.29, 1.82) is 0 Å². The maximum Gasteiger partial charge on any atom is 0.416 e. The third-order valence-corrected chi connectivity index (χ3v) is 3.89. The van der Waals surface area contributed by atoms with Crippen LogP contribution in [0.5, 0.6) is 5.88 Å².